The van der Waals surface area contributed by atoms with Crippen molar-refractivity contribution in [1.29, 1.82) is 0 Å². The lowest BCUT2D eigenvalue weighted by atomic mass is 10.2. The molecule has 7 heteroatoms. The summed E-state index contributed by atoms with van der Waals surface area (Å²) in [6.45, 7) is 0. The minimum Gasteiger partial charge on any atom is -0.353 e. The van der Waals surface area contributed by atoms with Crippen LogP contribution in [0.4, 0.5) is 24.5 Å². The maximum Gasteiger partial charge on any atom is 0.210 e. The fourth-order valence-corrected chi connectivity index (χ4v) is 3.51. The molecule has 0 aromatic heterocycles. The molecule has 2 aromatic rings. The molecule has 0 fully saturated rings. The van der Waals surface area contributed by atoms with Crippen molar-refractivity contribution in [3.8, 4) is 0 Å². The topological polar surface area (TPSA) is 46.2 Å². The van der Waals surface area contributed by atoms with Crippen LogP contribution in [0.2, 0.25) is 0 Å². The van der Waals surface area contributed by atoms with Gasteiger partial charge < -0.3 is 5.32 Å². The van der Waals surface area contributed by atoms with E-state index in [4.69, 9.17) is 0 Å². The number of nitrogens with one attached hydrogen (secondary N) is 1. The van der Waals surface area contributed by atoms with E-state index in [1.807, 2.05) is 0 Å². The van der Waals surface area contributed by atoms with Crippen molar-refractivity contribution in [2.45, 2.75) is 9.79 Å². The summed E-state index contributed by atoms with van der Waals surface area (Å²) in [5, 5.41) is 2.64. The third kappa shape index (κ3) is 1.69. The Labute approximate surface area is 106 Å². The summed E-state index contributed by atoms with van der Waals surface area (Å²) in [6.07, 6.45) is 0. The van der Waals surface area contributed by atoms with Crippen LogP contribution < -0.4 is 5.32 Å². The number of halogens is 3. The predicted molar refractivity (Wildman–Crippen MR) is 61.5 cm³/mol. The zero-order valence-corrected chi connectivity index (χ0v) is 10.1. The van der Waals surface area contributed by atoms with Gasteiger partial charge in [0.2, 0.25) is 9.84 Å². The van der Waals surface area contributed by atoms with Gasteiger partial charge in [0.25, 0.3) is 0 Å². The van der Waals surface area contributed by atoms with Crippen molar-refractivity contribution < 1.29 is 21.6 Å². The molecule has 1 heterocycles. The smallest absolute Gasteiger partial charge is 0.210 e. The van der Waals surface area contributed by atoms with E-state index in [-0.39, 0.29) is 16.3 Å². The molecule has 1 aliphatic heterocycles. The van der Waals surface area contributed by atoms with Gasteiger partial charge in [-0.2, -0.15) is 0 Å². The molecule has 0 saturated heterocycles. The van der Waals surface area contributed by atoms with Crippen LogP contribution in [0, 0.1) is 17.5 Å². The molecule has 3 nitrogen and oxygen atoms in total. The Balaban J connectivity index is 2.34. The van der Waals surface area contributed by atoms with Crippen molar-refractivity contribution in [2.75, 3.05) is 5.32 Å². The summed E-state index contributed by atoms with van der Waals surface area (Å²) in [7, 11) is -4.07. The minimum atomic E-state index is -4.07. The third-order valence-electron chi connectivity index (χ3n) is 2.81. The molecule has 0 bridgehead atoms. The van der Waals surface area contributed by atoms with E-state index in [0.29, 0.717) is 6.07 Å². The normalized spacial score (nSPS) is 15.3. The molecule has 1 aliphatic rings. The van der Waals surface area contributed by atoms with Crippen LogP contribution in [0.3, 0.4) is 0 Å². The highest BCUT2D eigenvalue weighted by Gasteiger charge is 2.31. The zero-order valence-electron chi connectivity index (χ0n) is 9.25. The number of benzene rings is 2. The van der Waals surface area contributed by atoms with Gasteiger partial charge in [0.15, 0.2) is 11.6 Å². The summed E-state index contributed by atoms with van der Waals surface area (Å²) in [5.74, 6) is -3.16. The summed E-state index contributed by atoms with van der Waals surface area (Å²) >= 11 is 0. The Morgan fingerprint density at radius 3 is 2.21 bits per heavy atom. The SMILES string of the molecule is O=S1(=O)c2cc(F)ccc2Nc2cc(F)c(F)cc21. The molecule has 0 saturated carbocycles. The molecule has 0 aliphatic carbocycles. The number of rotatable bonds is 0. The lowest BCUT2D eigenvalue weighted by Gasteiger charge is -2.21. The van der Waals surface area contributed by atoms with Gasteiger partial charge in [-0.15, -0.1) is 0 Å². The molecular formula is C12H6F3NO2S. The van der Waals surface area contributed by atoms with Crippen LogP contribution in [0.15, 0.2) is 40.1 Å². The largest absolute Gasteiger partial charge is 0.353 e. The van der Waals surface area contributed by atoms with Crippen molar-refractivity contribution in [3.63, 3.8) is 0 Å². The van der Waals surface area contributed by atoms with Crippen molar-refractivity contribution >= 4 is 21.2 Å². The number of hydrogen-bond acceptors (Lipinski definition) is 3. The Morgan fingerprint density at radius 1 is 0.842 bits per heavy atom. The fraction of sp³-hybridized carbons (Fsp3) is 0. The molecule has 0 amide bonds. The molecule has 1 N–H and O–H groups in total. The van der Waals surface area contributed by atoms with Crippen LogP contribution in [-0.4, -0.2) is 8.42 Å². The van der Waals surface area contributed by atoms with Gasteiger partial charge >= 0.3 is 0 Å². The van der Waals surface area contributed by atoms with Gasteiger partial charge in [-0.1, -0.05) is 0 Å². The van der Waals surface area contributed by atoms with Gasteiger partial charge in [-0.05, 0) is 24.3 Å². The highest BCUT2D eigenvalue weighted by molar-refractivity contribution is 7.92. The quantitative estimate of drug-likeness (QED) is 0.646. The predicted octanol–water partition coefficient (Wildman–Crippen LogP) is 2.99. The lowest BCUT2D eigenvalue weighted by molar-refractivity contribution is 0.505. The van der Waals surface area contributed by atoms with Crippen LogP contribution in [0.25, 0.3) is 0 Å². The molecule has 2 aromatic carbocycles. The first-order chi connectivity index (χ1) is 8.89. The van der Waals surface area contributed by atoms with Gasteiger partial charge in [0, 0.05) is 6.07 Å². The molecule has 0 atom stereocenters. The summed E-state index contributed by atoms with van der Waals surface area (Å²) in [4.78, 5) is -0.712. The van der Waals surface area contributed by atoms with Crippen molar-refractivity contribution in [1.82, 2.24) is 0 Å². The first kappa shape index (κ1) is 12.0. The monoisotopic (exact) mass is 285 g/mol. The number of fused-ring (bicyclic) bond motifs is 2. The fourth-order valence-electron chi connectivity index (χ4n) is 1.93. The van der Waals surface area contributed by atoms with E-state index in [1.165, 1.54) is 6.07 Å². The molecule has 0 spiro atoms. The van der Waals surface area contributed by atoms with Crippen molar-refractivity contribution in [3.05, 3.63) is 47.8 Å². The second-order valence-electron chi connectivity index (χ2n) is 4.03. The third-order valence-corrected chi connectivity index (χ3v) is 4.65. The molecule has 19 heavy (non-hydrogen) atoms. The van der Waals surface area contributed by atoms with E-state index >= 15 is 0 Å². The number of hydrogen-bond donors (Lipinski definition) is 1. The highest BCUT2D eigenvalue weighted by Crippen LogP contribution is 2.40. The first-order valence-corrected chi connectivity index (χ1v) is 6.68. The van der Waals surface area contributed by atoms with Crippen LogP contribution in [-0.2, 0) is 9.84 Å². The Bertz CT molecular complexity index is 803. The number of anilines is 2. The molecule has 0 unspecified atom stereocenters. The maximum absolute atomic E-state index is 13.2. The van der Waals surface area contributed by atoms with Crippen molar-refractivity contribution in [2.24, 2.45) is 0 Å². The summed E-state index contributed by atoms with van der Waals surface area (Å²) < 4.78 is 63.9. The number of sulfone groups is 1. The van der Waals surface area contributed by atoms with E-state index in [1.54, 1.807) is 0 Å². The molecule has 3 rings (SSSR count). The molecule has 98 valence electrons. The van der Waals surface area contributed by atoms with Crippen LogP contribution in [0.1, 0.15) is 0 Å². The van der Waals surface area contributed by atoms with Crippen LogP contribution >= 0.6 is 0 Å². The Morgan fingerprint density at radius 2 is 1.47 bits per heavy atom. The molecule has 0 radical (unpaired) electrons. The second kappa shape index (κ2) is 3.74. The zero-order chi connectivity index (χ0) is 13.8. The van der Waals surface area contributed by atoms with Crippen LogP contribution in [0.5, 0.6) is 0 Å². The van der Waals surface area contributed by atoms with Gasteiger partial charge in [0.05, 0.1) is 21.2 Å². The van der Waals surface area contributed by atoms with Gasteiger partial charge in [-0.3, -0.25) is 0 Å². The first-order valence-electron chi connectivity index (χ1n) is 5.20. The lowest BCUT2D eigenvalue weighted by Crippen LogP contribution is -2.15. The van der Waals surface area contributed by atoms with E-state index in [9.17, 15) is 21.6 Å². The average molecular weight is 285 g/mol. The minimum absolute atomic E-state index is 0.0713. The maximum atomic E-state index is 13.2. The second-order valence-corrected chi connectivity index (χ2v) is 5.92. The summed E-state index contributed by atoms with van der Waals surface area (Å²) in [5.41, 5.74) is 0.0536. The molecular weight excluding hydrogens is 279 g/mol. The Kier molecular flexibility index (Phi) is 2.37. The highest BCUT2D eigenvalue weighted by atomic mass is 32.2. The van der Waals surface area contributed by atoms with E-state index in [2.05, 4.69) is 5.32 Å². The van der Waals surface area contributed by atoms with E-state index in [0.717, 1.165) is 18.2 Å². The summed E-state index contributed by atoms with van der Waals surface area (Å²) in [6, 6.07) is 4.48. The average Bonchev–Trinajstić information content (AvgIpc) is 2.34. The van der Waals surface area contributed by atoms with Gasteiger partial charge in [-0.25, -0.2) is 21.6 Å². The van der Waals surface area contributed by atoms with E-state index < -0.39 is 32.2 Å². The van der Waals surface area contributed by atoms with Gasteiger partial charge in [0.1, 0.15) is 5.82 Å². The Hall–Kier alpha value is -2.02. The standard InChI is InChI=1S/C12H6F3NO2S/c13-6-1-2-9-11(3-6)19(17,18)12-5-8(15)7(14)4-10(12)16-9/h1-5,16H.